The second kappa shape index (κ2) is 5.92. The lowest BCUT2D eigenvalue weighted by Crippen LogP contribution is -2.13. The predicted molar refractivity (Wildman–Crippen MR) is 76.5 cm³/mol. The highest BCUT2D eigenvalue weighted by Gasteiger charge is 2.12. The quantitative estimate of drug-likeness (QED) is 0.848. The molecule has 0 fully saturated rings. The molecule has 0 spiro atoms. The highest BCUT2D eigenvalue weighted by molar-refractivity contribution is 6.05. The Labute approximate surface area is 120 Å². The first kappa shape index (κ1) is 14.3. The standard InChI is InChI=1S/C15H12FN3O2/c1-21-14-7-9(2-4-12(14)18)15(20)19-13-5-3-11(16)6-10(13)8-17/h2-7H,18H2,1H3,(H,19,20). The predicted octanol–water partition coefficient (Wildman–Crippen LogP) is 2.54. The van der Waals surface area contributed by atoms with Crippen LogP contribution in [0.1, 0.15) is 15.9 Å². The summed E-state index contributed by atoms with van der Waals surface area (Å²) in [6, 6.07) is 9.94. The number of hydrogen-bond donors (Lipinski definition) is 2. The maximum Gasteiger partial charge on any atom is 0.255 e. The molecule has 2 aromatic carbocycles. The third-order valence-electron chi connectivity index (χ3n) is 2.85. The minimum Gasteiger partial charge on any atom is -0.495 e. The molecule has 0 unspecified atom stereocenters. The van der Waals surface area contributed by atoms with Gasteiger partial charge in [0.25, 0.3) is 5.91 Å². The average Bonchev–Trinajstić information content (AvgIpc) is 2.49. The van der Waals surface area contributed by atoms with Crippen LogP contribution in [-0.4, -0.2) is 13.0 Å². The molecule has 6 heteroatoms. The number of nitrogens with zero attached hydrogens (tertiary/aromatic N) is 1. The van der Waals surface area contributed by atoms with Crippen LogP contribution in [0.4, 0.5) is 15.8 Å². The van der Waals surface area contributed by atoms with Gasteiger partial charge in [-0.05, 0) is 36.4 Å². The van der Waals surface area contributed by atoms with Crippen molar-refractivity contribution in [1.29, 1.82) is 5.26 Å². The maximum absolute atomic E-state index is 13.0. The lowest BCUT2D eigenvalue weighted by Gasteiger charge is -2.09. The van der Waals surface area contributed by atoms with E-state index in [0.29, 0.717) is 17.0 Å². The van der Waals surface area contributed by atoms with Gasteiger partial charge in [-0.25, -0.2) is 4.39 Å². The highest BCUT2D eigenvalue weighted by Crippen LogP contribution is 2.23. The number of amides is 1. The molecule has 5 nitrogen and oxygen atoms in total. The van der Waals surface area contributed by atoms with Crippen LogP contribution in [0.15, 0.2) is 36.4 Å². The molecule has 0 aromatic heterocycles. The van der Waals surface area contributed by atoms with Crippen molar-refractivity contribution in [3.8, 4) is 11.8 Å². The van der Waals surface area contributed by atoms with Crippen LogP contribution in [0.2, 0.25) is 0 Å². The zero-order valence-corrected chi connectivity index (χ0v) is 11.2. The van der Waals surface area contributed by atoms with Crippen LogP contribution in [-0.2, 0) is 0 Å². The minimum absolute atomic E-state index is 0.0470. The lowest BCUT2D eigenvalue weighted by atomic mass is 10.1. The van der Waals surface area contributed by atoms with Gasteiger partial charge >= 0.3 is 0 Å². The second-order valence-electron chi connectivity index (χ2n) is 4.21. The van der Waals surface area contributed by atoms with E-state index in [0.717, 1.165) is 6.07 Å². The van der Waals surface area contributed by atoms with E-state index < -0.39 is 11.7 Å². The number of ether oxygens (including phenoxy) is 1. The third kappa shape index (κ3) is 3.09. The van der Waals surface area contributed by atoms with E-state index in [9.17, 15) is 9.18 Å². The van der Waals surface area contributed by atoms with Gasteiger partial charge in [-0.3, -0.25) is 4.79 Å². The largest absolute Gasteiger partial charge is 0.495 e. The van der Waals surface area contributed by atoms with Crippen molar-refractivity contribution >= 4 is 17.3 Å². The molecule has 0 heterocycles. The third-order valence-corrected chi connectivity index (χ3v) is 2.85. The van der Waals surface area contributed by atoms with Crippen molar-refractivity contribution in [3.63, 3.8) is 0 Å². The Hall–Kier alpha value is -3.07. The molecule has 1 amide bonds. The van der Waals surface area contributed by atoms with Crippen LogP contribution in [0, 0.1) is 17.1 Å². The fraction of sp³-hybridized carbons (Fsp3) is 0.0667. The van der Waals surface area contributed by atoms with Gasteiger partial charge in [0.2, 0.25) is 0 Å². The van der Waals surface area contributed by atoms with Gasteiger partial charge in [0.15, 0.2) is 0 Å². The molecule has 0 radical (unpaired) electrons. The summed E-state index contributed by atoms with van der Waals surface area (Å²) in [4.78, 5) is 12.1. The zero-order chi connectivity index (χ0) is 15.4. The number of hydrogen-bond acceptors (Lipinski definition) is 4. The smallest absolute Gasteiger partial charge is 0.255 e. The molecule has 21 heavy (non-hydrogen) atoms. The zero-order valence-electron chi connectivity index (χ0n) is 11.2. The molecule has 2 aromatic rings. The molecule has 0 atom stereocenters. The summed E-state index contributed by atoms with van der Waals surface area (Å²) in [6.07, 6.45) is 0. The Balaban J connectivity index is 2.28. The molecular formula is C15H12FN3O2. The molecule has 0 aliphatic rings. The number of nitriles is 1. The molecule has 0 aliphatic carbocycles. The number of nitrogens with one attached hydrogen (secondary N) is 1. The van der Waals surface area contributed by atoms with E-state index in [4.69, 9.17) is 15.7 Å². The van der Waals surface area contributed by atoms with Crippen molar-refractivity contribution in [2.24, 2.45) is 0 Å². The van der Waals surface area contributed by atoms with E-state index in [2.05, 4.69) is 5.32 Å². The normalized spacial score (nSPS) is 9.76. The van der Waals surface area contributed by atoms with E-state index in [1.54, 1.807) is 6.07 Å². The highest BCUT2D eigenvalue weighted by atomic mass is 19.1. The van der Waals surface area contributed by atoms with Gasteiger partial charge in [0.1, 0.15) is 17.6 Å². The molecular weight excluding hydrogens is 273 g/mol. The summed E-state index contributed by atoms with van der Waals surface area (Å²) in [6.45, 7) is 0. The van der Waals surface area contributed by atoms with Crippen LogP contribution < -0.4 is 15.8 Å². The maximum atomic E-state index is 13.0. The first-order valence-corrected chi connectivity index (χ1v) is 5.99. The first-order chi connectivity index (χ1) is 10.0. The van der Waals surface area contributed by atoms with Crippen molar-refractivity contribution in [2.45, 2.75) is 0 Å². The van der Waals surface area contributed by atoms with Crippen molar-refractivity contribution in [2.75, 3.05) is 18.2 Å². The number of carbonyl (C=O) groups excluding carboxylic acids is 1. The Morgan fingerprint density at radius 3 is 2.76 bits per heavy atom. The fourth-order valence-electron chi connectivity index (χ4n) is 1.76. The van der Waals surface area contributed by atoms with Crippen LogP contribution in [0.5, 0.6) is 5.75 Å². The van der Waals surface area contributed by atoms with E-state index in [1.165, 1.54) is 31.4 Å². The lowest BCUT2D eigenvalue weighted by molar-refractivity contribution is 0.102. The average molecular weight is 285 g/mol. The Morgan fingerprint density at radius 2 is 2.10 bits per heavy atom. The van der Waals surface area contributed by atoms with E-state index in [-0.39, 0.29) is 11.3 Å². The van der Waals surface area contributed by atoms with E-state index >= 15 is 0 Å². The van der Waals surface area contributed by atoms with Gasteiger partial charge < -0.3 is 15.8 Å². The number of rotatable bonds is 3. The molecule has 106 valence electrons. The van der Waals surface area contributed by atoms with Gasteiger partial charge in [-0.2, -0.15) is 5.26 Å². The van der Waals surface area contributed by atoms with E-state index in [1.807, 2.05) is 6.07 Å². The van der Waals surface area contributed by atoms with Gasteiger partial charge in [-0.15, -0.1) is 0 Å². The fourth-order valence-corrected chi connectivity index (χ4v) is 1.76. The molecule has 0 saturated heterocycles. The van der Waals surface area contributed by atoms with Crippen molar-refractivity contribution < 1.29 is 13.9 Å². The summed E-state index contributed by atoms with van der Waals surface area (Å²) >= 11 is 0. The number of nitrogen functional groups attached to an aromatic ring is 1. The molecule has 0 bridgehead atoms. The minimum atomic E-state index is -0.543. The SMILES string of the molecule is COc1cc(C(=O)Nc2ccc(F)cc2C#N)ccc1N. The van der Waals surface area contributed by atoms with Gasteiger partial charge in [0.05, 0.1) is 24.0 Å². The van der Waals surface area contributed by atoms with Crippen LogP contribution >= 0.6 is 0 Å². The van der Waals surface area contributed by atoms with Gasteiger partial charge in [0, 0.05) is 5.56 Å². The molecule has 0 aliphatic heterocycles. The second-order valence-corrected chi connectivity index (χ2v) is 4.21. The number of methoxy groups -OCH3 is 1. The topological polar surface area (TPSA) is 88.1 Å². The van der Waals surface area contributed by atoms with Crippen LogP contribution in [0.3, 0.4) is 0 Å². The Kier molecular flexibility index (Phi) is 4.05. The van der Waals surface area contributed by atoms with Crippen molar-refractivity contribution in [1.82, 2.24) is 0 Å². The number of benzene rings is 2. The van der Waals surface area contributed by atoms with Crippen LogP contribution in [0.25, 0.3) is 0 Å². The number of carbonyl (C=O) groups is 1. The summed E-state index contributed by atoms with van der Waals surface area (Å²) in [7, 11) is 1.45. The number of anilines is 2. The van der Waals surface area contributed by atoms with Gasteiger partial charge in [-0.1, -0.05) is 0 Å². The Morgan fingerprint density at radius 1 is 1.33 bits per heavy atom. The monoisotopic (exact) mass is 285 g/mol. The summed E-state index contributed by atoms with van der Waals surface area (Å²) < 4.78 is 18.1. The number of nitrogens with two attached hydrogens (primary N) is 1. The molecule has 2 rings (SSSR count). The summed E-state index contributed by atoms with van der Waals surface area (Å²) in [5, 5.41) is 11.5. The van der Waals surface area contributed by atoms with Crippen molar-refractivity contribution in [3.05, 3.63) is 53.3 Å². The summed E-state index contributed by atoms with van der Waals surface area (Å²) in [5.41, 5.74) is 6.68. The molecule has 3 N–H and O–H groups in total. The summed E-state index contributed by atoms with van der Waals surface area (Å²) in [5.74, 6) is -0.614. The molecule has 0 saturated carbocycles. The number of halogens is 1. The Bertz CT molecular complexity index is 738. The first-order valence-electron chi connectivity index (χ1n) is 5.99.